The van der Waals surface area contributed by atoms with Crippen molar-refractivity contribution in [3.05, 3.63) is 46.0 Å². The SMILES string of the molecule is O=C(OCC1NC2C3C=CC(C3)(O1)C2C1CN=CS1)c1ccc(Cl)c(Cl)c1. The van der Waals surface area contributed by atoms with E-state index in [9.17, 15) is 4.79 Å². The van der Waals surface area contributed by atoms with E-state index >= 15 is 0 Å². The van der Waals surface area contributed by atoms with Crippen molar-refractivity contribution in [2.45, 2.75) is 29.5 Å². The first-order valence-corrected chi connectivity index (χ1v) is 10.6. The fourth-order valence-corrected chi connectivity index (χ4v) is 6.12. The Balaban J connectivity index is 1.25. The average Bonchev–Trinajstić information content (AvgIpc) is 3.35. The number of halogens is 2. The first kappa shape index (κ1) is 18.0. The Morgan fingerprint density at radius 2 is 2.30 bits per heavy atom. The van der Waals surface area contributed by atoms with Gasteiger partial charge in [-0.1, -0.05) is 35.4 Å². The molecule has 0 aromatic heterocycles. The lowest BCUT2D eigenvalue weighted by Crippen LogP contribution is -2.62. The molecule has 2 aliphatic heterocycles. The molecule has 1 saturated carbocycles. The summed E-state index contributed by atoms with van der Waals surface area (Å²) in [5.41, 5.74) is 2.05. The van der Waals surface area contributed by atoms with E-state index in [-0.39, 0.29) is 18.4 Å². The zero-order chi connectivity index (χ0) is 18.6. The Bertz CT molecular complexity index is 840. The zero-order valence-electron chi connectivity index (χ0n) is 14.3. The third-order valence-electron chi connectivity index (χ3n) is 5.85. The lowest BCUT2D eigenvalue weighted by atomic mass is 9.81. The maximum atomic E-state index is 12.3. The van der Waals surface area contributed by atoms with Crippen LogP contribution in [0.3, 0.4) is 0 Å². The maximum absolute atomic E-state index is 12.3. The average molecular weight is 425 g/mol. The van der Waals surface area contributed by atoms with E-state index in [0.717, 1.165) is 13.0 Å². The minimum Gasteiger partial charge on any atom is -0.458 e. The monoisotopic (exact) mass is 424 g/mol. The van der Waals surface area contributed by atoms with Crippen molar-refractivity contribution < 1.29 is 14.3 Å². The fraction of sp³-hybridized carbons (Fsp3) is 0.474. The van der Waals surface area contributed by atoms with Crippen molar-refractivity contribution in [1.29, 1.82) is 0 Å². The molecule has 5 rings (SSSR count). The summed E-state index contributed by atoms with van der Waals surface area (Å²) in [5.74, 6) is 0.417. The van der Waals surface area contributed by atoms with Gasteiger partial charge < -0.3 is 9.47 Å². The number of aliphatic imine (C=N–C) groups is 1. The van der Waals surface area contributed by atoms with Crippen LogP contribution in [0.1, 0.15) is 16.8 Å². The third-order valence-corrected chi connectivity index (χ3v) is 7.65. The third kappa shape index (κ3) is 3.02. The maximum Gasteiger partial charge on any atom is 0.338 e. The number of ether oxygens (including phenoxy) is 2. The van der Waals surface area contributed by atoms with E-state index < -0.39 is 5.97 Å². The Hall–Kier alpha value is -1.05. The fourth-order valence-electron chi connectivity index (χ4n) is 4.76. The number of esters is 1. The van der Waals surface area contributed by atoms with Crippen molar-refractivity contribution in [1.82, 2.24) is 5.32 Å². The second-order valence-electron chi connectivity index (χ2n) is 7.38. The molecule has 1 spiro atoms. The van der Waals surface area contributed by atoms with Gasteiger partial charge in [-0.3, -0.25) is 10.3 Å². The number of carbonyl (C=O) groups is 1. The van der Waals surface area contributed by atoms with Gasteiger partial charge in [0.05, 0.1) is 33.3 Å². The molecule has 2 fully saturated rings. The Morgan fingerprint density at radius 1 is 1.41 bits per heavy atom. The standard InChI is InChI=1S/C19H18Cl2N2O3S/c20-12-2-1-10(5-13(12)21)18(24)25-8-15-23-17-11-3-4-19(6-11,26-15)16(17)14-7-22-9-27-14/h1-5,9,11,14-17,23H,6-8H2. The van der Waals surface area contributed by atoms with E-state index in [4.69, 9.17) is 32.7 Å². The van der Waals surface area contributed by atoms with Crippen LogP contribution in [-0.2, 0) is 9.47 Å². The summed E-state index contributed by atoms with van der Waals surface area (Å²) < 4.78 is 11.9. The number of carbonyl (C=O) groups excluding carboxylic acids is 1. The predicted octanol–water partition coefficient (Wildman–Crippen LogP) is 3.55. The number of hydrogen-bond acceptors (Lipinski definition) is 6. The van der Waals surface area contributed by atoms with Crippen molar-refractivity contribution in [3.8, 4) is 0 Å². The molecule has 8 heteroatoms. The van der Waals surface area contributed by atoms with Crippen LogP contribution >= 0.6 is 35.0 Å². The van der Waals surface area contributed by atoms with Crippen LogP contribution in [0.5, 0.6) is 0 Å². The number of nitrogens with one attached hydrogen (secondary N) is 1. The molecule has 2 aliphatic carbocycles. The molecule has 1 aromatic carbocycles. The van der Waals surface area contributed by atoms with Gasteiger partial charge in [0, 0.05) is 17.2 Å². The van der Waals surface area contributed by atoms with Crippen LogP contribution in [0, 0.1) is 11.8 Å². The Kier molecular flexibility index (Phi) is 4.52. The smallest absolute Gasteiger partial charge is 0.338 e. The molecule has 0 radical (unpaired) electrons. The Morgan fingerprint density at radius 3 is 3.04 bits per heavy atom. The molecule has 6 unspecified atom stereocenters. The summed E-state index contributed by atoms with van der Waals surface area (Å²) in [4.78, 5) is 16.7. The zero-order valence-corrected chi connectivity index (χ0v) is 16.6. The lowest BCUT2D eigenvalue weighted by molar-refractivity contribution is -0.147. The first-order valence-electron chi connectivity index (χ1n) is 8.95. The first-order chi connectivity index (χ1) is 13.1. The van der Waals surface area contributed by atoms with Gasteiger partial charge in [0.1, 0.15) is 12.8 Å². The van der Waals surface area contributed by atoms with E-state index in [2.05, 4.69) is 22.5 Å². The summed E-state index contributed by atoms with van der Waals surface area (Å²) in [6.07, 6.45) is 5.14. The molecule has 4 aliphatic rings. The van der Waals surface area contributed by atoms with Crippen LogP contribution in [0.2, 0.25) is 10.0 Å². The minimum atomic E-state index is -0.439. The van der Waals surface area contributed by atoms with Gasteiger partial charge in [0.15, 0.2) is 0 Å². The van der Waals surface area contributed by atoms with Crippen LogP contribution in [0.15, 0.2) is 35.3 Å². The van der Waals surface area contributed by atoms with Gasteiger partial charge in [-0.25, -0.2) is 4.79 Å². The van der Waals surface area contributed by atoms with Crippen LogP contribution in [0.4, 0.5) is 0 Å². The van der Waals surface area contributed by atoms with Crippen LogP contribution < -0.4 is 5.32 Å². The van der Waals surface area contributed by atoms with E-state index in [1.54, 1.807) is 23.9 Å². The normalized spacial score (nSPS) is 38.5. The van der Waals surface area contributed by atoms with Gasteiger partial charge >= 0.3 is 5.97 Å². The van der Waals surface area contributed by atoms with Gasteiger partial charge in [-0.15, -0.1) is 11.8 Å². The number of nitrogens with zero attached hydrogens (tertiary/aromatic N) is 1. The second-order valence-corrected chi connectivity index (χ2v) is 9.28. The summed E-state index contributed by atoms with van der Waals surface area (Å²) in [6, 6.07) is 5.04. The number of thioether (sulfide) groups is 1. The largest absolute Gasteiger partial charge is 0.458 e. The predicted molar refractivity (Wildman–Crippen MR) is 107 cm³/mol. The molecule has 6 atom stereocenters. The van der Waals surface area contributed by atoms with Crippen molar-refractivity contribution in [2.75, 3.05) is 13.2 Å². The van der Waals surface area contributed by atoms with Gasteiger partial charge in [0.2, 0.25) is 0 Å². The summed E-state index contributed by atoms with van der Waals surface area (Å²) in [5, 5.41) is 4.74. The highest BCUT2D eigenvalue weighted by atomic mass is 35.5. The molecule has 27 heavy (non-hydrogen) atoms. The molecule has 142 valence electrons. The van der Waals surface area contributed by atoms with E-state index in [1.165, 1.54) is 6.07 Å². The molecule has 2 heterocycles. The molecule has 5 nitrogen and oxygen atoms in total. The van der Waals surface area contributed by atoms with E-state index in [0.29, 0.717) is 38.7 Å². The lowest BCUT2D eigenvalue weighted by Gasteiger charge is -2.47. The molecule has 3 bridgehead atoms. The Labute approximate surface area is 171 Å². The molecule has 1 aromatic rings. The highest BCUT2D eigenvalue weighted by Gasteiger charge is 2.62. The molecule has 1 saturated heterocycles. The number of fused-ring (bicyclic) bond motifs is 3. The summed E-state index contributed by atoms with van der Waals surface area (Å²) >= 11 is 13.7. The van der Waals surface area contributed by atoms with Gasteiger partial charge in [0.25, 0.3) is 0 Å². The van der Waals surface area contributed by atoms with Crippen LogP contribution in [0.25, 0.3) is 0 Å². The quantitative estimate of drug-likeness (QED) is 0.591. The number of rotatable bonds is 4. The summed E-state index contributed by atoms with van der Waals surface area (Å²) in [7, 11) is 0. The van der Waals surface area contributed by atoms with Crippen molar-refractivity contribution >= 4 is 46.5 Å². The molecular weight excluding hydrogens is 407 g/mol. The van der Waals surface area contributed by atoms with Gasteiger partial charge in [-0.05, 0) is 30.5 Å². The summed E-state index contributed by atoms with van der Waals surface area (Å²) in [6.45, 7) is 0.995. The van der Waals surface area contributed by atoms with Crippen LogP contribution in [-0.4, -0.2) is 47.8 Å². The minimum absolute atomic E-state index is 0.152. The molecule has 0 amide bonds. The number of benzene rings is 1. The highest BCUT2D eigenvalue weighted by molar-refractivity contribution is 8.12. The number of hydrogen-bond donors (Lipinski definition) is 1. The van der Waals surface area contributed by atoms with Gasteiger partial charge in [-0.2, -0.15) is 0 Å². The molecular formula is C19H18Cl2N2O3S. The molecule has 1 N–H and O–H groups in total. The second kappa shape index (κ2) is 6.78. The highest BCUT2D eigenvalue weighted by Crippen LogP contribution is 2.55. The van der Waals surface area contributed by atoms with Crippen molar-refractivity contribution in [3.63, 3.8) is 0 Å². The van der Waals surface area contributed by atoms with E-state index in [1.807, 2.05) is 5.55 Å². The van der Waals surface area contributed by atoms with Crippen molar-refractivity contribution in [2.24, 2.45) is 16.8 Å². The topological polar surface area (TPSA) is 59.9 Å².